The van der Waals surface area contributed by atoms with Crippen molar-refractivity contribution in [1.29, 1.82) is 0 Å². The number of rotatable bonds is 3. The number of nitrogens with zero attached hydrogens (tertiary/aromatic N) is 4. The standard InChI is InChI=1S/C17H24N4O2/c1-4-8-21-12-11-19(3)16(23)17(21)7-10-20(13-17)15(22)14-6-5-9-18(14)2/h4-6,9H,1,7-8,10-13H2,2-3H3/t17-/m0/s1. The monoisotopic (exact) mass is 316 g/mol. The molecule has 2 fully saturated rings. The first-order chi connectivity index (χ1) is 11.0. The minimum Gasteiger partial charge on any atom is -0.347 e. The quantitative estimate of drug-likeness (QED) is 0.766. The van der Waals surface area contributed by atoms with Crippen molar-refractivity contribution in [2.24, 2.45) is 7.05 Å². The Balaban J connectivity index is 1.85. The molecule has 0 N–H and O–H groups in total. The number of carbonyl (C=O) groups is 2. The molecule has 2 saturated heterocycles. The third-order valence-electron chi connectivity index (χ3n) is 5.10. The van der Waals surface area contributed by atoms with Crippen molar-refractivity contribution in [1.82, 2.24) is 19.3 Å². The second-order valence-corrected chi connectivity index (χ2v) is 6.47. The average Bonchev–Trinajstić information content (AvgIpc) is 3.15. The molecule has 0 aliphatic carbocycles. The maximum Gasteiger partial charge on any atom is 0.270 e. The van der Waals surface area contributed by atoms with Crippen LogP contribution in [0, 0.1) is 0 Å². The van der Waals surface area contributed by atoms with E-state index < -0.39 is 5.54 Å². The molecule has 6 heteroatoms. The highest BCUT2D eigenvalue weighted by atomic mass is 16.2. The van der Waals surface area contributed by atoms with Gasteiger partial charge in [-0.05, 0) is 18.6 Å². The SMILES string of the molecule is C=CCN1CCN(C)C(=O)[C@@]12CCN(C(=O)c1cccn1C)C2. The number of hydrogen-bond donors (Lipinski definition) is 0. The lowest BCUT2D eigenvalue weighted by molar-refractivity contribution is -0.148. The van der Waals surface area contributed by atoms with Crippen LogP contribution >= 0.6 is 0 Å². The summed E-state index contributed by atoms with van der Waals surface area (Å²) in [6.07, 6.45) is 4.38. The predicted molar refractivity (Wildman–Crippen MR) is 88.1 cm³/mol. The molecule has 2 aliphatic rings. The Morgan fingerprint density at radius 2 is 2.13 bits per heavy atom. The fourth-order valence-electron chi connectivity index (χ4n) is 3.74. The summed E-state index contributed by atoms with van der Waals surface area (Å²) in [5, 5.41) is 0. The molecule has 124 valence electrons. The van der Waals surface area contributed by atoms with Gasteiger partial charge in [-0.1, -0.05) is 6.08 Å². The van der Waals surface area contributed by atoms with Crippen LogP contribution in [-0.2, 0) is 11.8 Å². The molecule has 0 bridgehead atoms. The van der Waals surface area contributed by atoms with E-state index in [4.69, 9.17) is 0 Å². The summed E-state index contributed by atoms with van der Waals surface area (Å²) in [5.41, 5.74) is 0.0658. The van der Waals surface area contributed by atoms with Gasteiger partial charge in [0.1, 0.15) is 11.2 Å². The Bertz CT molecular complexity index is 638. The van der Waals surface area contributed by atoms with Crippen LogP contribution in [0.5, 0.6) is 0 Å². The van der Waals surface area contributed by atoms with Crippen molar-refractivity contribution in [3.63, 3.8) is 0 Å². The Hall–Kier alpha value is -2.08. The third kappa shape index (κ3) is 2.47. The third-order valence-corrected chi connectivity index (χ3v) is 5.10. The van der Waals surface area contributed by atoms with Crippen LogP contribution in [-0.4, -0.2) is 76.4 Å². The van der Waals surface area contributed by atoms with E-state index in [9.17, 15) is 9.59 Å². The van der Waals surface area contributed by atoms with E-state index in [0.717, 1.165) is 13.1 Å². The highest BCUT2D eigenvalue weighted by molar-refractivity contribution is 5.95. The molecule has 23 heavy (non-hydrogen) atoms. The van der Waals surface area contributed by atoms with Crippen LogP contribution in [0.4, 0.5) is 0 Å². The minimum absolute atomic E-state index is 0.00560. The summed E-state index contributed by atoms with van der Waals surface area (Å²) in [6, 6.07) is 3.69. The van der Waals surface area contributed by atoms with Crippen LogP contribution in [0.1, 0.15) is 16.9 Å². The Morgan fingerprint density at radius 3 is 2.78 bits per heavy atom. The van der Waals surface area contributed by atoms with Gasteiger partial charge in [-0.15, -0.1) is 6.58 Å². The number of amides is 2. The number of piperazine rings is 1. The fraction of sp³-hybridized carbons (Fsp3) is 0.529. The zero-order valence-corrected chi connectivity index (χ0v) is 13.9. The van der Waals surface area contributed by atoms with Crippen molar-refractivity contribution in [2.45, 2.75) is 12.0 Å². The molecule has 0 unspecified atom stereocenters. The number of likely N-dealkylation sites (tertiary alicyclic amines) is 1. The van der Waals surface area contributed by atoms with Gasteiger partial charge in [-0.3, -0.25) is 14.5 Å². The molecule has 1 aromatic heterocycles. The van der Waals surface area contributed by atoms with Crippen LogP contribution in [0.2, 0.25) is 0 Å². The van der Waals surface area contributed by atoms with E-state index in [-0.39, 0.29) is 11.8 Å². The molecule has 3 rings (SSSR count). The fourth-order valence-corrected chi connectivity index (χ4v) is 3.74. The number of hydrogen-bond acceptors (Lipinski definition) is 3. The molecule has 0 aromatic carbocycles. The molecule has 3 heterocycles. The summed E-state index contributed by atoms with van der Waals surface area (Å²) in [6.45, 7) is 7.08. The molecule has 2 amide bonds. The van der Waals surface area contributed by atoms with Gasteiger partial charge in [0.2, 0.25) is 5.91 Å². The van der Waals surface area contributed by atoms with Crippen LogP contribution in [0.15, 0.2) is 31.0 Å². The van der Waals surface area contributed by atoms with Gasteiger partial charge in [0.15, 0.2) is 0 Å². The number of carbonyl (C=O) groups excluding carboxylic acids is 2. The zero-order valence-electron chi connectivity index (χ0n) is 13.9. The van der Waals surface area contributed by atoms with E-state index >= 15 is 0 Å². The average molecular weight is 316 g/mol. The van der Waals surface area contributed by atoms with Crippen molar-refractivity contribution >= 4 is 11.8 Å². The van der Waals surface area contributed by atoms with Crippen LogP contribution < -0.4 is 0 Å². The van der Waals surface area contributed by atoms with Gasteiger partial charge >= 0.3 is 0 Å². The largest absolute Gasteiger partial charge is 0.347 e. The summed E-state index contributed by atoms with van der Waals surface area (Å²) in [7, 11) is 3.71. The first kappa shape index (κ1) is 15.8. The maximum atomic E-state index is 12.9. The molecule has 0 radical (unpaired) electrons. The van der Waals surface area contributed by atoms with Crippen molar-refractivity contribution in [3.8, 4) is 0 Å². The number of aryl methyl sites for hydroxylation is 1. The highest BCUT2D eigenvalue weighted by Crippen LogP contribution is 2.33. The second kappa shape index (κ2) is 5.85. The molecular formula is C17H24N4O2. The van der Waals surface area contributed by atoms with Crippen LogP contribution in [0.3, 0.4) is 0 Å². The van der Waals surface area contributed by atoms with Crippen molar-refractivity contribution in [2.75, 3.05) is 39.8 Å². The Labute approximate surface area is 136 Å². The Morgan fingerprint density at radius 1 is 1.35 bits per heavy atom. The van der Waals surface area contributed by atoms with Gasteiger partial charge in [0.25, 0.3) is 5.91 Å². The molecule has 0 saturated carbocycles. The first-order valence-electron chi connectivity index (χ1n) is 8.02. The summed E-state index contributed by atoms with van der Waals surface area (Å²) in [5.74, 6) is 0.113. The van der Waals surface area contributed by atoms with E-state index in [0.29, 0.717) is 31.7 Å². The lowest BCUT2D eigenvalue weighted by atomic mass is 9.91. The summed E-state index contributed by atoms with van der Waals surface area (Å²) >= 11 is 0. The zero-order chi connectivity index (χ0) is 16.6. The molecule has 1 atom stereocenters. The molecule has 1 aromatic rings. The van der Waals surface area contributed by atoms with Crippen LogP contribution in [0.25, 0.3) is 0 Å². The molecular weight excluding hydrogens is 292 g/mol. The molecule has 6 nitrogen and oxygen atoms in total. The van der Waals surface area contributed by atoms with E-state index in [1.54, 1.807) is 4.90 Å². The van der Waals surface area contributed by atoms with Gasteiger partial charge in [-0.2, -0.15) is 0 Å². The topological polar surface area (TPSA) is 48.8 Å². The van der Waals surface area contributed by atoms with E-state index in [1.807, 2.05) is 48.0 Å². The smallest absolute Gasteiger partial charge is 0.270 e. The van der Waals surface area contributed by atoms with Crippen molar-refractivity contribution in [3.05, 3.63) is 36.7 Å². The summed E-state index contributed by atoms with van der Waals surface area (Å²) < 4.78 is 1.82. The first-order valence-corrected chi connectivity index (χ1v) is 8.02. The lowest BCUT2D eigenvalue weighted by Crippen LogP contribution is -2.66. The second-order valence-electron chi connectivity index (χ2n) is 6.47. The van der Waals surface area contributed by atoms with Gasteiger partial charge < -0.3 is 14.4 Å². The number of aromatic nitrogens is 1. The summed E-state index contributed by atoms with van der Waals surface area (Å²) in [4.78, 5) is 31.4. The van der Waals surface area contributed by atoms with E-state index in [2.05, 4.69) is 11.5 Å². The Kier molecular flexibility index (Phi) is 4.02. The van der Waals surface area contributed by atoms with Crippen molar-refractivity contribution < 1.29 is 9.59 Å². The van der Waals surface area contributed by atoms with Gasteiger partial charge in [0, 0.05) is 53.0 Å². The van der Waals surface area contributed by atoms with E-state index in [1.165, 1.54) is 0 Å². The van der Waals surface area contributed by atoms with Gasteiger partial charge in [-0.25, -0.2) is 0 Å². The maximum absolute atomic E-state index is 12.9. The van der Waals surface area contributed by atoms with Gasteiger partial charge in [0.05, 0.1) is 0 Å². The highest BCUT2D eigenvalue weighted by Gasteiger charge is 2.53. The normalized spacial score (nSPS) is 25.4. The minimum atomic E-state index is -0.595. The molecule has 2 aliphatic heterocycles. The molecule has 1 spiro atoms. The number of likely N-dealkylation sites (N-methyl/N-ethyl adjacent to an activating group) is 1. The predicted octanol–water partition coefficient (Wildman–Crippen LogP) is 0.570. The lowest BCUT2D eigenvalue weighted by Gasteiger charge is -2.46.